The Hall–Kier alpha value is -1.33. The minimum Gasteiger partial charge on any atom is -0.447 e. The molecule has 0 unspecified atom stereocenters. The molecule has 0 saturated heterocycles. The van der Waals surface area contributed by atoms with Crippen LogP contribution in [0, 0.1) is 0 Å². The highest BCUT2D eigenvalue weighted by atomic mass is 79.9. The summed E-state index contributed by atoms with van der Waals surface area (Å²) >= 11 is 4.58. The van der Waals surface area contributed by atoms with E-state index < -0.39 is 5.91 Å². The lowest BCUT2D eigenvalue weighted by atomic mass is 10.3. The SMILES string of the molecule is NC(=O)c1ccc(Oc2cccc(Br)c2)s1. The molecule has 0 spiro atoms. The molecule has 2 aromatic rings. The van der Waals surface area contributed by atoms with Gasteiger partial charge in [0.25, 0.3) is 5.91 Å². The quantitative estimate of drug-likeness (QED) is 0.944. The largest absolute Gasteiger partial charge is 0.447 e. The number of halogens is 1. The van der Waals surface area contributed by atoms with Gasteiger partial charge >= 0.3 is 0 Å². The summed E-state index contributed by atoms with van der Waals surface area (Å²) in [5.74, 6) is 0.279. The first kappa shape index (κ1) is 11.2. The van der Waals surface area contributed by atoms with E-state index in [2.05, 4.69) is 15.9 Å². The Labute approximate surface area is 105 Å². The summed E-state index contributed by atoms with van der Waals surface area (Å²) < 4.78 is 6.51. The number of primary amides is 1. The van der Waals surface area contributed by atoms with Crippen LogP contribution in [0.2, 0.25) is 0 Å². The predicted molar refractivity (Wildman–Crippen MR) is 67.1 cm³/mol. The summed E-state index contributed by atoms with van der Waals surface area (Å²) in [6.45, 7) is 0. The van der Waals surface area contributed by atoms with Gasteiger partial charge in [-0.05, 0) is 30.3 Å². The van der Waals surface area contributed by atoms with Crippen molar-refractivity contribution in [2.75, 3.05) is 0 Å². The fourth-order valence-electron chi connectivity index (χ4n) is 1.15. The number of ether oxygens (including phenoxy) is 1. The van der Waals surface area contributed by atoms with E-state index in [1.54, 1.807) is 12.1 Å². The molecule has 0 aliphatic rings. The van der Waals surface area contributed by atoms with E-state index in [1.165, 1.54) is 11.3 Å². The number of rotatable bonds is 3. The normalized spacial score (nSPS) is 10.1. The standard InChI is InChI=1S/C11H8BrNO2S/c12-7-2-1-3-8(6-7)15-10-5-4-9(16-10)11(13)14/h1-6H,(H2,13,14). The summed E-state index contributed by atoms with van der Waals surface area (Å²) in [5.41, 5.74) is 5.15. The van der Waals surface area contributed by atoms with Crippen LogP contribution in [0.15, 0.2) is 40.9 Å². The first-order valence-electron chi connectivity index (χ1n) is 4.48. The van der Waals surface area contributed by atoms with Crippen molar-refractivity contribution in [3.05, 3.63) is 45.7 Å². The van der Waals surface area contributed by atoms with Crippen molar-refractivity contribution >= 4 is 33.2 Å². The molecule has 1 aromatic carbocycles. The number of carbonyl (C=O) groups excluding carboxylic acids is 1. The van der Waals surface area contributed by atoms with Crippen molar-refractivity contribution in [1.29, 1.82) is 0 Å². The number of thiophene rings is 1. The van der Waals surface area contributed by atoms with Gasteiger partial charge in [0.1, 0.15) is 5.75 Å². The second-order valence-electron chi connectivity index (χ2n) is 3.04. The van der Waals surface area contributed by atoms with Crippen LogP contribution in [0.1, 0.15) is 9.67 Å². The molecule has 1 amide bonds. The number of hydrogen-bond acceptors (Lipinski definition) is 3. The van der Waals surface area contributed by atoms with Gasteiger partial charge < -0.3 is 10.5 Å². The predicted octanol–water partition coefficient (Wildman–Crippen LogP) is 3.40. The first-order chi connectivity index (χ1) is 7.65. The summed E-state index contributed by atoms with van der Waals surface area (Å²) in [6.07, 6.45) is 0. The molecule has 2 N–H and O–H groups in total. The number of hydrogen-bond donors (Lipinski definition) is 1. The van der Waals surface area contributed by atoms with Crippen molar-refractivity contribution in [1.82, 2.24) is 0 Å². The second kappa shape index (κ2) is 4.67. The Bertz CT molecular complexity index is 524. The van der Waals surface area contributed by atoms with Crippen LogP contribution in [0.3, 0.4) is 0 Å². The van der Waals surface area contributed by atoms with E-state index in [9.17, 15) is 4.79 Å². The molecular weight excluding hydrogens is 290 g/mol. The molecule has 0 aliphatic carbocycles. The number of benzene rings is 1. The van der Waals surface area contributed by atoms with Gasteiger partial charge in [-0.15, -0.1) is 0 Å². The van der Waals surface area contributed by atoms with Crippen LogP contribution in [0.4, 0.5) is 0 Å². The first-order valence-corrected chi connectivity index (χ1v) is 6.09. The Morgan fingerprint density at radius 2 is 2.12 bits per heavy atom. The topological polar surface area (TPSA) is 52.3 Å². The minimum atomic E-state index is -0.436. The number of amides is 1. The highest BCUT2D eigenvalue weighted by Crippen LogP contribution is 2.30. The lowest BCUT2D eigenvalue weighted by Gasteiger charge is -2.02. The van der Waals surface area contributed by atoms with Gasteiger partial charge in [-0.2, -0.15) is 0 Å². The highest BCUT2D eigenvalue weighted by Gasteiger charge is 2.06. The van der Waals surface area contributed by atoms with Gasteiger partial charge in [-0.25, -0.2) is 0 Å². The van der Waals surface area contributed by atoms with Gasteiger partial charge in [0, 0.05) is 4.47 Å². The second-order valence-corrected chi connectivity index (χ2v) is 5.00. The summed E-state index contributed by atoms with van der Waals surface area (Å²) in [5, 5.41) is 0.645. The highest BCUT2D eigenvalue weighted by molar-refractivity contribution is 9.10. The van der Waals surface area contributed by atoms with Crippen LogP contribution < -0.4 is 10.5 Å². The monoisotopic (exact) mass is 297 g/mol. The van der Waals surface area contributed by atoms with E-state index in [-0.39, 0.29) is 0 Å². The van der Waals surface area contributed by atoms with E-state index >= 15 is 0 Å². The number of nitrogens with two attached hydrogens (primary N) is 1. The van der Waals surface area contributed by atoms with Gasteiger partial charge in [-0.3, -0.25) is 4.79 Å². The molecule has 1 aromatic heterocycles. The lowest BCUT2D eigenvalue weighted by molar-refractivity contribution is 0.100. The molecule has 0 radical (unpaired) electrons. The summed E-state index contributed by atoms with van der Waals surface area (Å²) in [6, 6.07) is 10.9. The molecule has 0 fully saturated rings. The molecule has 0 aliphatic heterocycles. The third-order valence-electron chi connectivity index (χ3n) is 1.84. The van der Waals surface area contributed by atoms with Crippen molar-refractivity contribution in [3.63, 3.8) is 0 Å². The van der Waals surface area contributed by atoms with Gasteiger partial charge in [0.2, 0.25) is 0 Å². The van der Waals surface area contributed by atoms with Gasteiger partial charge in [0.05, 0.1) is 4.88 Å². The Morgan fingerprint density at radius 1 is 1.31 bits per heavy atom. The van der Waals surface area contributed by atoms with Crippen molar-refractivity contribution in [2.24, 2.45) is 5.73 Å². The van der Waals surface area contributed by atoms with Gasteiger partial charge in [-0.1, -0.05) is 33.3 Å². The average Bonchev–Trinajstić information content (AvgIpc) is 2.66. The molecule has 0 saturated carbocycles. The molecule has 0 atom stereocenters. The van der Waals surface area contributed by atoms with Crippen LogP contribution in [0.5, 0.6) is 10.8 Å². The van der Waals surface area contributed by atoms with Crippen molar-refractivity contribution in [3.8, 4) is 10.8 Å². The van der Waals surface area contributed by atoms with Crippen LogP contribution in [-0.2, 0) is 0 Å². The fraction of sp³-hybridized carbons (Fsp3) is 0. The maximum absolute atomic E-state index is 10.9. The number of carbonyl (C=O) groups is 1. The zero-order valence-electron chi connectivity index (χ0n) is 8.14. The molecule has 0 bridgehead atoms. The van der Waals surface area contributed by atoms with Crippen LogP contribution in [-0.4, -0.2) is 5.91 Å². The maximum Gasteiger partial charge on any atom is 0.258 e. The summed E-state index contributed by atoms with van der Waals surface area (Å²) in [4.78, 5) is 11.4. The van der Waals surface area contributed by atoms with E-state index in [1.807, 2.05) is 24.3 Å². The zero-order valence-corrected chi connectivity index (χ0v) is 10.5. The summed E-state index contributed by atoms with van der Waals surface area (Å²) in [7, 11) is 0. The fourth-order valence-corrected chi connectivity index (χ4v) is 2.26. The molecule has 5 heteroatoms. The smallest absolute Gasteiger partial charge is 0.258 e. The minimum absolute atomic E-state index is 0.436. The molecule has 16 heavy (non-hydrogen) atoms. The molecule has 1 heterocycles. The van der Waals surface area contributed by atoms with Crippen LogP contribution in [0.25, 0.3) is 0 Å². The zero-order chi connectivity index (χ0) is 11.5. The van der Waals surface area contributed by atoms with Crippen molar-refractivity contribution < 1.29 is 9.53 Å². The Morgan fingerprint density at radius 3 is 2.75 bits per heavy atom. The lowest BCUT2D eigenvalue weighted by Crippen LogP contribution is -2.07. The third-order valence-corrected chi connectivity index (χ3v) is 3.31. The van der Waals surface area contributed by atoms with Crippen molar-refractivity contribution in [2.45, 2.75) is 0 Å². The molecule has 82 valence electrons. The Kier molecular flexibility index (Phi) is 3.26. The Balaban J connectivity index is 2.17. The molecular formula is C11H8BrNO2S. The average molecular weight is 298 g/mol. The maximum atomic E-state index is 10.9. The third kappa shape index (κ3) is 2.62. The van der Waals surface area contributed by atoms with Gasteiger partial charge in [0.15, 0.2) is 5.06 Å². The van der Waals surface area contributed by atoms with E-state index in [4.69, 9.17) is 10.5 Å². The van der Waals surface area contributed by atoms with Crippen LogP contribution >= 0.6 is 27.3 Å². The molecule has 2 rings (SSSR count). The van der Waals surface area contributed by atoms with E-state index in [0.717, 1.165) is 4.47 Å². The van der Waals surface area contributed by atoms with E-state index in [0.29, 0.717) is 15.7 Å². The molecule has 3 nitrogen and oxygen atoms in total.